The van der Waals surface area contributed by atoms with Crippen LogP contribution in [0.1, 0.15) is 38.5 Å². The summed E-state index contributed by atoms with van der Waals surface area (Å²) in [5.41, 5.74) is -0.548. The van der Waals surface area contributed by atoms with E-state index in [1.807, 2.05) is 11.8 Å². The Kier molecular flexibility index (Phi) is 8.59. The summed E-state index contributed by atoms with van der Waals surface area (Å²) >= 11 is 1.83. The summed E-state index contributed by atoms with van der Waals surface area (Å²) in [6.45, 7) is 1.61. The molecule has 2 rings (SSSR count). The average molecular weight is 413 g/mol. The van der Waals surface area contributed by atoms with Crippen molar-refractivity contribution in [2.24, 2.45) is 10.9 Å². The highest BCUT2D eigenvalue weighted by Gasteiger charge is 2.31. The van der Waals surface area contributed by atoms with Gasteiger partial charge in [-0.15, -0.1) is 24.0 Å². The predicted octanol–water partition coefficient (Wildman–Crippen LogP) is 2.22. The van der Waals surface area contributed by atoms with Gasteiger partial charge in [0.2, 0.25) is 0 Å². The molecule has 0 bridgehead atoms. The van der Waals surface area contributed by atoms with E-state index in [4.69, 9.17) is 0 Å². The maximum Gasteiger partial charge on any atom is 0.191 e. The molecule has 3 N–H and O–H groups in total. The lowest BCUT2D eigenvalue weighted by Gasteiger charge is -2.25. The third-order valence-corrected chi connectivity index (χ3v) is 5.41. The molecule has 1 saturated heterocycles. The van der Waals surface area contributed by atoms with Crippen molar-refractivity contribution in [2.75, 3.05) is 31.6 Å². The first-order valence-electron chi connectivity index (χ1n) is 7.46. The van der Waals surface area contributed by atoms with Crippen molar-refractivity contribution >= 4 is 41.7 Å². The van der Waals surface area contributed by atoms with Gasteiger partial charge in [-0.2, -0.15) is 11.8 Å². The van der Waals surface area contributed by atoms with Crippen molar-refractivity contribution in [3.63, 3.8) is 0 Å². The molecule has 1 saturated carbocycles. The Morgan fingerprint density at radius 3 is 2.65 bits per heavy atom. The predicted molar refractivity (Wildman–Crippen MR) is 98.2 cm³/mol. The third kappa shape index (κ3) is 5.97. The van der Waals surface area contributed by atoms with Gasteiger partial charge in [0.25, 0.3) is 0 Å². The van der Waals surface area contributed by atoms with Crippen LogP contribution in [0.5, 0.6) is 0 Å². The maximum absolute atomic E-state index is 10.3. The van der Waals surface area contributed by atoms with Crippen molar-refractivity contribution in [3.8, 4) is 0 Å². The molecule has 1 aliphatic heterocycles. The van der Waals surface area contributed by atoms with E-state index in [1.165, 1.54) is 32.1 Å². The number of aliphatic imine (C=N–C) groups is 1. The molecule has 1 unspecified atom stereocenters. The monoisotopic (exact) mass is 413 g/mol. The van der Waals surface area contributed by atoms with Gasteiger partial charge in [0.05, 0.1) is 5.60 Å². The van der Waals surface area contributed by atoms with Crippen LogP contribution in [-0.2, 0) is 0 Å². The normalized spacial score (nSPS) is 28.0. The first-order valence-corrected chi connectivity index (χ1v) is 8.62. The van der Waals surface area contributed by atoms with E-state index >= 15 is 0 Å². The summed E-state index contributed by atoms with van der Waals surface area (Å²) in [4.78, 5) is 4.24. The first kappa shape index (κ1) is 18.4. The second-order valence-electron chi connectivity index (χ2n) is 5.84. The Hall–Kier alpha value is 0.310. The summed E-state index contributed by atoms with van der Waals surface area (Å²) in [6.07, 6.45) is 7.69. The Labute approximate surface area is 144 Å². The van der Waals surface area contributed by atoms with Gasteiger partial charge in [-0.25, -0.2) is 0 Å². The van der Waals surface area contributed by atoms with Gasteiger partial charge in [0, 0.05) is 25.9 Å². The van der Waals surface area contributed by atoms with E-state index in [0.29, 0.717) is 6.54 Å². The van der Waals surface area contributed by atoms with Crippen molar-refractivity contribution in [2.45, 2.75) is 44.1 Å². The van der Waals surface area contributed by atoms with Crippen LogP contribution in [0.25, 0.3) is 0 Å². The first-order chi connectivity index (χ1) is 9.22. The number of halogens is 1. The zero-order chi connectivity index (χ0) is 13.6. The van der Waals surface area contributed by atoms with Gasteiger partial charge in [-0.3, -0.25) is 4.99 Å². The van der Waals surface area contributed by atoms with Crippen molar-refractivity contribution in [1.29, 1.82) is 0 Å². The lowest BCUT2D eigenvalue weighted by Crippen LogP contribution is -2.48. The van der Waals surface area contributed by atoms with Crippen LogP contribution < -0.4 is 10.6 Å². The molecule has 1 aliphatic carbocycles. The quantitative estimate of drug-likeness (QED) is 0.376. The van der Waals surface area contributed by atoms with Crippen LogP contribution in [0, 0.1) is 5.92 Å². The number of rotatable bonds is 4. The molecule has 6 heteroatoms. The summed E-state index contributed by atoms with van der Waals surface area (Å²) in [5, 5.41) is 17.0. The molecule has 0 radical (unpaired) electrons. The SMILES string of the molecule is CN=C(NCC1CCCCC1)NCC1(O)CCSC1.I. The van der Waals surface area contributed by atoms with E-state index in [9.17, 15) is 5.11 Å². The van der Waals surface area contributed by atoms with Gasteiger partial charge >= 0.3 is 0 Å². The standard InChI is InChI=1S/C14H27N3OS.HI/c1-15-13(16-9-12-5-3-2-4-6-12)17-10-14(18)7-8-19-11-14;/h12,18H,2-11H2,1H3,(H2,15,16,17);1H. The third-order valence-electron chi connectivity index (χ3n) is 4.17. The van der Waals surface area contributed by atoms with Crippen LogP contribution in [-0.4, -0.2) is 48.3 Å². The molecule has 1 atom stereocenters. The van der Waals surface area contributed by atoms with Crippen LogP contribution in [0.15, 0.2) is 4.99 Å². The van der Waals surface area contributed by atoms with Gasteiger partial charge in [0.1, 0.15) is 0 Å². The second-order valence-corrected chi connectivity index (χ2v) is 6.94. The smallest absolute Gasteiger partial charge is 0.191 e. The van der Waals surface area contributed by atoms with Crippen LogP contribution >= 0.6 is 35.7 Å². The summed E-state index contributed by atoms with van der Waals surface area (Å²) < 4.78 is 0. The van der Waals surface area contributed by atoms with Gasteiger partial charge < -0.3 is 15.7 Å². The van der Waals surface area contributed by atoms with Crippen molar-refractivity contribution in [3.05, 3.63) is 0 Å². The lowest BCUT2D eigenvalue weighted by atomic mass is 9.89. The zero-order valence-corrected chi connectivity index (χ0v) is 15.5. The number of thioether (sulfide) groups is 1. The number of guanidine groups is 1. The van der Waals surface area contributed by atoms with Gasteiger partial charge in [-0.1, -0.05) is 19.3 Å². The fourth-order valence-electron chi connectivity index (χ4n) is 2.84. The number of aliphatic hydroxyl groups is 1. The molecule has 118 valence electrons. The number of hydrogen-bond acceptors (Lipinski definition) is 3. The van der Waals surface area contributed by atoms with Crippen LogP contribution in [0.4, 0.5) is 0 Å². The Balaban J connectivity index is 0.00000200. The van der Waals surface area contributed by atoms with E-state index in [2.05, 4.69) is 15.6 Å². The lowest BCUT2D eigenvalue weighted by molar-refractivity contribution is 0.0724. The minimum absolute atomic E-state index is 0. The van der Waals surface area contributed by atoms with E-state index < -0.39 is 5.60 Å². The van der Waals surface area contributed by atoms with Crippen LogP contribution in [0.2, 0.25) is 0 Å². The minimum Gasteiger partial charge on any atom is -0.387 e. The van der Waals surface area contributed by atoms with Gasteiger partial charge in [0.15, 0.2) is 5.96 Å². The molecule has 0 aromatic heterocycles. The molecular formula is C14H28IN3OS. The maximum atomic E-state index is 10.3. The number of nitrogens with zero attached hydrogens (tertiary/aromatic N) is 1. The molecule has 0 spiro atoms. The molecule has 4 nitrogen and oxygen atoms in total. The largest absolute Gasteiger partial charge is 0.387 e. The van der Waals surface area contributed by atoms with E-state index in [-0.39, 0.29) is 24.0 Å². The van der Waals surface area contributed by atoms with Crippen molar-refractivity contribution < 1.29 is 5.11 Å². The molecule has 1 heterocycles. The van der Waals surface area contributed by atoms with Gasteiger partial charge in [-0.05, 0) is 30.9 Å². The Morgan fingerprint density at radius 2 is 2.05 bits per heavy atom. The second kappa shape index (κ2) is 9.35. The van der Waals surface area contributed by atoms with E-state index in [1.54, 1.807) is 7.05 Å². The highest BCUT2D eigenvalue weighted by Crippen LogP contribution is 2.27. The zero-order valence-electron chi connectivity index (χ0n) is 12.4. The molecule has 20 heavy (non-hydrogen) atoms. The Bertz CT molecular complexity index is 303. The summed E-state index contributed by atoms with van der Waals surface area (Å²) in [6, 6.07) is 0. The number of nitrogens with one attached hydrogen (secondary N) is 2. The average Bonchev–Trinajstić information content (AvgIpc) is 2.87. The molecule has 2 fully saturated rings. The van der Waals surface area contributed by atoms with Crippen molar-refractivity contribution in [1.82, 2.24) is 10.6 Å². The minimum atomic E-state index is -0.548. The molecule has 2 aliphatic rings. The topological polar surface area (TPSA) is 56.7 Å². The molecule has 0 amide bonds. The highest BCUT2D eigenvalue weighted by molar-refractivity contribution is 14.0. The summed E-state index contributed by atoms with van der Waals surface area (Å²) in [5.74, 6) is 3.51. The Morgan fingerprint density at radius 1 is 1.30 bits per heavy atom. The summed E-state index contributed by atoms with van der Waals surface area (Å²) in [7, 11) is 1.80. The fourth-order valence-corrected chi connectivity index (χ4v) is 4.13. The molecule has 0 aromatic carbocycles. The van der Waals surface area contributed by atoms with E-state index in [0.717, 1.165) is 36.3 Å². The molecule has 0 aromatic rings. The molecular weight excluding hydrogens is 385 g/mol. The van der Waals surface area contributed by atoms with Crippen LogP contribution in [0.3, 0.4) is 0 Å². The number of hydrogen-bond donors (Lipinski definition) is 3. The highest BCUT2D eigenvalue weighted by atomic mass is 127. The fraction of sp³-hybridized carbons (Fsp3) is 0.929.